The smallest absolute Gasteiger partial charge is 0.261 e. The molecule has 7 heteroatoms. The lowest BCUT2D eigenvalue weighted by Gasteiger charge is -2.08. The number of ether oxygens (including phenoxy) is 1. The molecule has 0 saturated heterocycles. The summed E-state index contributed by atoms with van der Waals surface area (Å²) in [5.74, 6) is 0.388. The first-order valence-corrected chi connectivity index (χ1v) is 7.06. The lowest BCUT2D eigenvalue weighted by Crippen LogP contribution is -2.13. The minimum Gasteiger partial charge on any atom is -0.481 e. The maximum atomic E-state index is 12.1. The van der Waals surface area contributed by atoms with Gasteiger partial charge >= 0.3 is 0 Å². The third kappa shape index (κ3) is 3.05. The summed E-state index contributed by atoms with van der Waals surface area (Å²) in [6, 6.07) is 10.8. The molecule has 0 amide bonds. The lowest BCUT2D eigenvalue weighted by molar-refractivity contribution is 0.398. The van der Waals surface area contributed by atoms with E-state index in [-0.39, 0.29) is 10.5 Å². The van der Waals surface area contributed by atoms with Crippen molar-refractivity contribution in [1.82, 2.24) is 4.98 Å². The number of aromatic nitrogens is 1. The Balaban J connectivity index is 2.28. The molecule has 0 spiro atoms. The minimum absolute atomic E-state index is 0.0207. The molecule has 0 aliphatic carbocycles. The molecule has 6 nitrogen and oxygen atoms in total. The van der Waals surface area contributed by atoms with Crippen molar-refractivity contribution in [3.63, 3.8) is 0 Å². The molecule has 1 heterocycles. The average molecular weight is 289 g/mol. The summed E-state index contributed by atoms with van der Waals surface area (Å²) in [4.78, 5) is 3.93. The average Bonchev–Trinajstić information content (AvgIpc) is 2.48. The van der Waals surface area contributed by atoms with Gasteiger partial charge in [0.25, 0.3) is 10.0 Å². The highest BCUT2D eigenvalue weighted by Gasteiger charge is 2.14. The number of sulfonamides is 1. The number of hydrogen-bond acceptors (Lipinski definition) is 5. The van der Waals surface area contributed by atoms with Crippen LogP contribution in [0.5, 0.6) is 5.88 Å². The molecular formula is C13H11N3O3S. The molecule has 0 aliphatic heterocycles. The van der Waals surface area contributed by atoms with Crippen LogP contribution >= 0.6 is 0 Å². The van der Waals surface area contributed by atoms with Gasteiger partial charge in [0, 0.05) is 6.07 Å². The van der Waals surface area contributed by atoms with Gasteiger partial charge in [-0.1, -0.05) is 6.07 Å². The van der Waals surface area contributed by atoms with Gasteiger partial charge in [0.1, 0.15) is 0 Å². The Bertz CT molecular complexity index is 749. The van der Waals surface area contributed by atoms with Crippen molar-refractivity contribution in [2.24, 2.45) is 0 Å². The molecule has 0 bridgehead atoms. The fourth-order valence-electron chi connectivity index (χ4n) is 1.51. The Labute approximate surface area is 116 Å². The second kappa shape index (κ2) is 5.59. The summed E-state index contributed by atoms with van der Waals surface area (Å²) in [7, 11) is -2.28. The standard InChI is InChI=1S/C13H11N3O3S/c1-19-13-6-5-11(9-15-13)16-20(17,18)12-4-2-3-10(7-12)8-14/h2-7,9,16H,1H3. The van der Waals surface area contributed by atoms with Crippen molar-refractivity contribution in [1.29, 1.82) is 5.26 Å². The van der Waals surface area contributed by atoms with Crippen LogP contribution in [0.15, 0.2) is 47.5 Å². The Morgan fingerprint density at radius 3 is 2.70 bits per heavy atom. The number of benzene rings is 1. The summed E-state index contributed by atoms with van der Waals surface area (Å²) in [6.07, 6.45) is 1.35. The van der Waals surface area contributed by atoms with E-state index >= 15 is 0 Å². The van der Waals surface area contributed by atoms with Crippen molar-refractivity contribution < 1.29 is 13.2 Å². The van der Waals surface area contributed by atoms with E-state index in [9.17, 15) is 8.42 Å². The van der Waals surface area contributed by atoms with Gasteiger partial charge in [-0.05, 0) is 24.3 Å². The third-order valence-corrected chi connectivity index (χ3v) is 3.85. The number of rotatable bonds is 4. The zero-order valence-corrected chi connectivity index (χ0v) is 11.4. The van der Waals surface area contributed by atoms with Crippen LogP contribution in [0, 0.1) is 11.3 Å². The molecule has 0 unspecified atom stereocenters. The van der Waals surface area contributed by atoms with E-state index in [2.05, 4.69) is 9.71 Å². The first-order valence-electron chi connectivity index (χ1n) is 5.58. The summed E-state index contributed by atoms with van der Waals surface area (Å²) in [5, 5.41) is 8.79. The predicted molar refractivity (Wildman–Crippen MR) is 72.8 cm³/mol. The molecule has 2 rings (SSSR count). The van der Waals surface area contributed by atoms with Crippen LogP contribution in [-0.4, -0.2) is 20.5 Å². The number of nitriles is 1. The van der Waals surface area contributed by atoms with Crippen molar-refractivity contribution in [2.45, 2.75) is 4.90 Å². The van der Waals surface area contributed by atoms with Crippen LogP contribution in [0.4, 0.5) is 5.69 Å². The zero-order chi connectivity index (χ0) is 14.6. The molecule has 2 aromatic rings. The highest BCUT2D eigenvalue weighted by Crippen LogP contribution is 2.17. The van der Waals surface area contributed by atoms with Gasteiger partial charge in [-0.3, -0.25) is 4.72 Å². The van der Waals surface area contributed by atoms with E-state index < -0.39 is 10.0 Å². The molecule has 0 aliphatic rings. The molecule has 0 fully saturated rings. The van der Waals surface area contributed by atoms with Gasteiger partial charge in [-0.2, -0.15) is 5.26 Å². The second-order valence-electron chi connectivity index (χ2n) is 3.83. The number of pyridine rings is 1. The van der Waals surface area contributed by atoms with Crippen molar-refractivity contribution in [3.8, 4) is 11.9 Å². The minimum atomic E-state index is -3.75. The molecule has 0 atom stereocenters. The largest absolute Gasteiger partial charge is 0.481 e. The van der Waals surface area contributed by atoms with Crippen LogP contribution in [0.1, 0.15) is 5.56 Å². The van der Waals surface area contributed by atoms with E-state index in [1.807, 2.05) is 6.07 Å². The van der Waals surface area contributed by atoms with Gasteiger partial charge in [0.05, 0.1) is 35.5 Å². The van der Waals surface area contributed by atoms with Crippen LogP contribution in [0.3, 0.4) is 0 Å². The summed E-state index contributed by atoms with van der Waals surface area (Å²) in [5.41, 5.74) is 0.592. The third-order valence-electron chi connectivity index (χ3n) is 2.47. The summed E-state index contributed by atoms with van der Waals surface area (Å²) >= 11 is 0. The monoisotopic (exact) mass is 289 g/mol. The van der Waals surface area contributed by atoms with E-state index in [4.69, 9.17) is 10.00 Å². The SMILES string of the molecule is COc1ccc(NS(=O)(=O)c2cccc(C#N)c2)cn1. The summed E-state index contributed by atoms with van der Waals surface area (Å²) < 4.78 is 31.6. The van der Waals surface area contributed by atoms with Gasteiger partial charge in [0.15, 0.2) is 0 Å². The molecule has 1 aromatic heterocycles. The maximum absolute atomic E-state index is 12.1. The molecular weight excluding hydrogens is 278 g/mol. The van der Waals surface area contributed by atoms with Crippen molar-refractivity contribution in [2.75, 3.05) is 11.8 Å². The van der Waals surface area contributed by atoms with Crippen molar-refractivity contribution >= 4 is 15.7 Å². The van der Waals surface area contributed by atoms with Gasteiger partial charge in [-0.15, -0.1) is 0 Å². The number of nitrogens with one attached hydrogen (secondary N) is 1. The fourth-order valence-corrected chi connectivity index (χ4v) is 2.60. The van der Waals surface area contributed by atoms with Gasteiger partial charge in [0.2, 0.25) is 5.88 Å². The molecule has 0 radical (unpaired) electrons. The predicted octanol–water partition coefficient (Wildman–Crippen LogP) is 1.76. The number of hydrogen-bond donors (Lipinski definition) is 1. The first kappa shape index (κ1) is 13.8. The quantitative estimate of drug-likeness (QED) is 0.926. The Morgan fingerprint density at radius 2 is 2.10 bits per heavy atom. The summed E-state index contributed by atoms with van der Waals surface area (Å²) in [6.45, 7) is 0. The topological polar surface area (TPSA) is 92.1 Å². The van der Waals surface area contributed by atoms with E-state index in [1.165, 1.54) is 43.6 Å². The van der Waals surface area contributed by atoms with Crippen LogP contribution < -0.4 is 9.46 Å². The van der Waals surface area contributed by atoms with Crippen molar-refractivity contribution in [3.05, 3.63) is 48.2 Å². The van der Waals surface area contributed by atoms with Crippen LogP contribution in [-0.2, 0) is 10.0 Å². The maximum Gasteiger partial charge on any atom is 0.261 e. The van der Waals surface area contributed by atoms with E-state index in [1.54, 1.807) is 6.07 Å². The number of nitrogens with zero attached hydrogens (tertiary/aromatic N) is 2. The van der Waals surface area contributed by atoms with E-state index in [0.717, 1.165) is 0 Å². The zero-order valence-electron chi connectivity index (χ0n) is 10.6. The Hall–Kier alpha value is -2.59. The van der Waals surface area contributed by atoms with Gasteiger partial charge in [-0.25, -0.2) is 13.4 Å². The molecule has 20 heavy (non-hydrogen) atoms. The normalized spacial score (nSPS) is 10.6. The second-order valence-corrected chi connectivity index (χ2v) is 5.52. The van der Waals surface area contributed by atoms with E-state index in [0.29, 0.717) is 11.6 Å². The van der Waals surface area contributed by atoms with Gasteiger partial charge < -0.3 is 4.74 Å². The number of methoxy groups -OCH3 is 1. The molecule has 0 saturated carbocycles. The first-order chi connectivity index (χ1) is 9.55. The molecule has 1 N–H and O–H groups in total. The Morgan fingerprint density at radius 1 is 1.30 bits per heavy atom. The highest BCUT2D eigenvalue weighted by atomic mass is 32.2. The van der Waals surface area contributed by atoms with Crippen LogP contribution in [0.2, 0.25) is 0 Å². The lowest BCUT2D eigenvalue weighted by atomic mass is 10.2. The molecule has 1 aromatic carbocycles. The Kier molecular flexibility index (Phi) is 3.86. The fraction of sp³-hybridized carbons (Fsp3) is 0.0769. The number of anilines is 1. The van der Waals surface area contributed by atoms with Crippen LogP contribution in [0.25, 0.3) is 0 Å². The highest BCUT2D eigenvalue weighted by molar-refractivity contribution is 7.92. The molecule has 102 valence electrons.